The zero-order valence-electron chi connectivity index (χ0n) is 14.6. The standard InChI is InChI=1S/C19H23ClN2O2S/c1-3-24-19(23)14-5-4-8-22(11-14)12-15-9-13-6-7-16(25-2)10-17(13)21-18(15)20/h6-7,9-10,14H,3-5,8,11-12H2,1-2H3/t14-/m0/s1. The molecular weight excluding hydrogens is 356 g/mol. The molecule has 134 valence electrons. The molecule has 2 heterocycles. The van der Waals surface area contributed by atoms with Crippen LogP contribution in [-0.2, 0) is 16.1 Å². The maximum Gasteiger partial charge on any atom is 0.310 e. The predicted octanol–water partition coefficient (Wildman–Crippen LogP) is 4.39. The molecule has 0 bridgehead atoms. The average Bonchev–Trinajstić information content (AvgIpc) is 2.62. The molecule has 4 nitrogen and oxygen atoms in total. The zero-order chi connectivity index (χ0) is 17.8. The van der Waals surface area contributed by atoms with E-state index in [4.69, 9.17) is 16.3 Å². The molecule has 0 spiro atoms. The first-order valence-electron chi connectivity index (χ1n) is 8.63. The number of halogens is 1. The molecule has 0 unspecified atom stereocenters. The number of ether oxygens (including phenoxy) is 1. The number of pyridine rings is 1. The van der Waals surface area contributed by atoms with Gasteiger partial charge < -0.3 is 4.74 Å². The molecule has 1 fully saturated rings. The van der Waals surface area contributed by atoms with Gasteiger partial charge in [0.2, 0.25) is 0 Å². The van der Waals surface area contributed by atoms with E-state index in [1.54, 1.807) is 11.8 Å². The monoisotopic (exact) mass is 378 g/mol. The van der Waals surface area contributed by atoms with Crippen LogP contribution in [0.2, 0.25) is 5.15 Å². The molecule has 1 atom stereocenters. The lowest BCUT2D eigenvalue weighted by Gasteiger charge is -2.31. The van der Waals surface area contributed by atoms with Gasteiger partial charge in [-0.2, -0.15) is 0 Å². The number of thioether (sulfide) groups is 1. The molecule has 0 aliphatic carbocycles. The molecule has 3 rings (SSSR count). The number of carbonyl (C=O) groups is 1. The zero-order valence-corrected chi connectivity index (χ0v) is 16.2. The lowest BCUT2D eigenvalue weighted by molar-refractivity contribution is -0.150. The van der Waals surface area contributed by atoms with Crippen LogP contribution in [0.1, 0.15) is 25.3 Å². The molecule has 1 aliphatic heterocycles. The quantitative estimate of drug-likeness (QED) is 0.438. The maximum atomic E-state index is 12.0. The van der Waals surface area contributed by atoms with Crippen molar-refractivity contribution in [2.75, 3.05) is 26.0 Å². The first-order valence-corrected chi connectivity index (χ1v) is 10.2. The van der Waals surface area contributed by atoms with Crippen LogP contribution in [0.4, 0.5) is 0 Å². The number of nitrogens with zero attached hydrogens (tertiary/aromatic N) is 2. The van der Waals surface area contributed by atoms with E-state index >= 15 is 0 Å². The molecular formula is C19H23ClN2O2S. The lowest BCUT2D eigenvalue weighted by Crippen LogP contribution is -2.39. The van der Waals surface area contributed by atoms with E-state index in [1.807, 2.05) is 13.2 Å². The summed E-state index contributed by atoms with van der Waals surface area (Å²) >= 11 is 8.12. The highest BCUT2D eigenvalue weighted by Crippen LogP contribution is 2.27. The molecule has 1 aromatic heterocycles. The van der Waals surface area contributed by atoms with Gasteiger partial charge in [0.15, 0.2) is 0 Å². The van der Waals surface area contributed by atoms with Crippen LogP contribution >= 0.6 is 23.4 Å². The normalized spacial score (nSPS) is 18.4. The molecule has 6 heteroatoms. The van der Waals surface area contributed by atoms with Crippen molar-refractivity contribution >= 4 is 40.2 Å². The molecule has 1 aliphatic rings. The number of rotatable bonds is 5. The van der Waals surface area contributed by atoms with E-state index in [2.05, 4.69) is 34.1 Å². The minimum absolute atomic E-state index is 0.0370. The predicted molar refractivity (Wildman–Crippen MR) is 103 cm³/mol. The van der Waals surface area contributed by atoms with Crippen LogP contribution in [0.25, 0.3) is 10.9 Å². The molecule has 0 radical (unpaired) electrons. The number of benzene rings is 1. The van der Waals surface area contributed by atoms with Gasteiger partial charge in [0.05, 0.1) is 18.0 Å². The van der Waals surface area contributed by atoms with Crippen molar-refractivity contribution in [2.45, 2.75) is 31.2 Å². The summed E-state index contributed by atoms with van der Waals surface area (Å²) in [5.74, 6) is -0.121. The van der Waals surface area contributed by atoms with Crippen molar-refractivity contribution in [1.82, 2.24) is 9.88 Å². The molecule has 0 N–H and O–H groups in total. The third kappa shape index (κ3) is 4.46. The number of hydrogen-bond donors (Lipinski definition) is 0. The third-order valence-corrected chi connectivity index (χ3v) is 5.62. The highest BCUT2D eigenvalue weighted by Gasteiger charge is 2.27. The van der Waals surface area contributed by atoms with Crippen LogP contribution < -0.4 is 0 Å². The van der Waals surface area contributed by atoms with E-state index < -0.39 is 0 Å². The second-order valence-corrected chi connectivity index (χ2v) is 7.56. The Hall–Kier alpha value is -1.30. The van der Waals surface area contributed by atoms with Crippen LogP contribution in [-0.4, -0.2) is 41.8 Å². The van der Waals surface area contributed by atoms with Crippen molar-refractivity contribution in [1.29, 1.82) is 0 Å². The van der Waals surface area contributed by atoms with E-state index in [9.17, 15) is 4.79 Å². The summed E-state index contributed by atoms with van der Waals surface area (Å²) in [5.41, 5.74) is 1.93. The number of piperidine rings is 1. The molecule has 1 aromatic carbocycles. The van der Waals surface area contributed by atoms with Gasteiger partial charge in [-0.05, 0) is 50.8 Å². The maximum absolute atomic E-state index is 12.0. The second kappa shape index (κ2) is 8.39. The number of carbonyl (C=O) groups excluding carboxylic acids is 1. The number of fused-ring (bicyclic) bond motifs is 1. The Balaban J connectivity index is 1.75. The van der Waals surface area contributed by atoms with Crippen molar-refractivity contribution < 1.29 is 9.53 Å². The summed E-state index contributed by atoms with van der Waals surface area (Å²) in [6.07, 6.45) is 3.95. The summed E-state index contributed by atoms with van der Waals surface area (Å²) < 4.78 is 5.18. The summed E-state index contributed by atoms with van der Waals surface area (Å²) in [4.78, 5) is 20.0. The summed E-state index contributed by atoms with van der Waals surface area (Å²) in [5, 5.41) is 1.64. The van der Waals surface area contributed by atoms with Gasteiger partial charge in [0, 0.05) is 28.9 Å². The largest absolute Gasteiger partial charge is 0.466 e. The Morgan fingerprint density at radius 3 is 3.04 bits per heavy atom. The first kappa shape index (κ1) is 18.5. The van der Waals surface area contributed by atoms with Crippen LogP contribution in [0.3, 0.4) is 0 Å². The Morgan fingerprint density at radius 2 is 2.28 bits per heavy atom. The van der Waals surface area contributed by atoms with E-state index in [1.165, 1.54) is 4.90 Å². The topological polar surface area (TPSA) is 42.4 Å². The van der Waals surface area contributed by atoms with Gasteiger partial charge in [-0.15, -0.1) is 11.8 Å². The SMILES string of the molecule is CCOC(=O)[C@H]1CCCN(Cc2cc3ccc(SC)cc3nc2Cl)C1. The van der Waals surface area contributed by atoms with Gasteiger partial charge in [0.25, 0.3) is 0 Å². The molecule has 0 amide bonds. The molecule has 0 saturated carbocycles. The van der Waals surface area contributed by atoms with Crippen LogP contribution in [0, 0.1) is 5.92 Å². The van der Waals surface area contributed by atoms with Gasteiger partial charge >= 0.3 is 5.97 Å². The Kier molecular flexibility index (Phi) is 6.20. The van der Waals surface area contributed by atoms with Gasteiger partial charge in [-0.25, -0.2) is 4.98 Å². The summed E-state index contributed by atoms with van der Waals surface area (Å²) in [7, 11) is 0. The average molecular weight is 379 g/mol. The highest BCUT2D eigenvalue weighted by atomic mass is 35.5. The van der Waals surface area contributed by atoms with Crippen LogP contribution in [0.15, 0.2) is 29.2 Å². The Bertz CT molecular complexity index is 768. The van der Waals surface area contributed by atoms with E-state index in [0.717, 1.165) is 42.4 Å². The smallest absolute Gasteiger partial charge is 0.310 e. The highest BCUT2D eigenvalue weighted by molar-refractivity contribution is 7.98. The minimum atomic E-state index is -0.0838. The number of hydrogen-bond acceptors (Lipinski definition) is 5. The fourth-order valence-corrected chi connectivity index (χ4v) is 3.94. The van der Waals surface area contributed by atoms with E-state index in [0.29, 0.717) is 18.3 Å². The first-order chi connectivity index (χ1) is 12.1. The Morgan fingerprint density at radius 1 is 1.44 bits per heavy atom. The van der Waals surface area contributed by atoms with Gasteiger partial charge in [0.1, 0.15) is 5.15 Å². The van der Waals surface area contributed by atoms with Crippen molar-refractivity contribution in [3.05, 3.63) is 35.0 Å². The second-order valence-electron chi connectivity index (χ2n) is 6.32. The number of aromatic nitrogens is 1. The summed E-state index contributed by atoms with van der Waals surface area (Å²) in [6, 6.07) is 8.37. The van der Waals surface area contributed by atoms with Crippen molar-refractivity contribution in [3.63, 3.8) is 0 Å². The van der Waals surface area contributed by atoms with Crippen molar-refractivity contribution in [3.8, 4) is 0 Å². The third-order valence-electron chi connectivity index (χ3n) is 4.57. The Labute approximate surface area is 157 Å². The number of likely N-dealkylation sites (tertiary alicyclic amines) is 1. The van der Waals surface area contributed by atoms with Crippen LogP contribution in [0.5, 0.6) is 0 Å². The van der Waals surface area contributed by atoms with Gasteiger partial charge in [-0.1, -0.05) is 17.7 Å². The van der Waals surface area contributed by atoms with Gasteiger partial charge in [-0.3, -0.25) is 9.69 Å². The van der Waals surface area contributed by atoms with E-state index in [-0.39, 0.29) is 11.9 Å². The number of esters is 1. The fourth-order valence-electron chi connectivity index (χ4n) is 3.30. The summed E-state index contributed by atoms with van der Waals surface area (Å²) in [6.45, 7) is 4.69. The fraction of sp³-hybridized carbons (Fsp3) is 0.474. The lowest BCUT2D eigenvalue weighted by atomic mass is 9.98. The molecule has 2 aromatic rings. The van der Waals surface area contributed by atoms with Crippen molar-refractivity contribution in [2.24, 2.45) is 5.92 Å². The molecule has 25 heavy (non-hydrogen) atoms. The molecule has 1 saturated heterocycles. The minimum Gasteiger partial charge on any atom is -0.466 e.